The Balaban J connectivity index is 1.41. The number of carbonyl (C=O) groups is 3. The van der Waals surface area contributed by atoms with E-state index in [0.717, 1.165) is 12.1 Å². The number of hydrogen-bond donors (Lipinski definition) is 3. The summed E-state index contributed by atoms with van der Waals surface area (Å²) < 4.78 is 54.4. The summed E-state index contributed by atoms with van der Waals surface area (Å²) >= 11 is 0. The molecule has 5 rings (SSSR count). The number of aliphatic hydroxyl groups excluding tert-OH is 1. The van der Waals surface area contributed by atoms with Crippen LogP contribution in [0.5, 0.6) is 0 Å². The van der Waals surface area contributed by atoms with Crippen LogP contribution in [-0.4, -0.2) is 64.7 Å². The molecule has 1 aromatic carbocycles. The van der Waals surface area contributed by atoms with E-state index in [0.29, 0.717) is 24.8 Å². The fraction of sp³-hybridized carbons (Fsp3) is 0.552. The molecule has 8 atom stereocenters. The molecule has 1 aromatic rings. The van der Waals surface area contributed by atoms with Gasteiger partial charge in [0.2, 0.25) is 5.78 Å². The Hall–Kier alpha value is -2.73. The average Bonchev–Trinajstić information content (AvgIpc) is 3.09. The zero-order valence-corrected chi connectivity index (χ0v) is 23.3. The Morgan fingerprint density at radius 3 is 2.58 bits per heavy atom. The molecule has 0 aliphatic heterocycles. The standard InChI is InChI=1S/C29H33FO9S/c1-16-11-22-21-8-7-18-13-19(31)9-10-26(18,2)28(21,30)23(32)14-27(22,3)29(16,35)24(33)15-39-25(34)17-5-4-6-20(12-17)40(36,37)38/h4-6,9-10,12-13,16,21-23,32,35H,7-8,11,14-15H2,1-3H3,(H,36,37,38)/t16-,21+,22+,23-,26-,27-,28+,29+/m1/s1. The zero-order valence-electron chi connectivity index (χ0n) is 22.5. The van der Waals surface area contributed by atoms with Crippen molar-refractivity contribution in [3.63, 3.8) is 0 Å². The van der Waals surface area contributed by atoms with E-state index in [-0.39, 0.29) is 17.8 Å². The van der Waals surface area contributed by atoms with E-state index >= 15 is 4.39 Å². The first-order valence-electron chi connectivity index (χ1n) is 13.3. The van der Waals surface area contributed by atoms with Crippen LogP contribution in [0.4, 0.5) is 4.39 Å². The summed E-state index contributed by atoms with van der Waals surface area (Å²) in [4.78, 5) is 37.7. The number of carbonyl (C=O) groups excluding carboxylic acids is 3. The van der Waals surface area contributed by atoms with Gasteiger partial charge in [0.25, 0.3) is 10.1 Å². The normalized spacial score (nSPS) is 40.5. The summed E-state index contributed by atoms with van der Waals surface area (Å²) in [5, 5.41) is 23.4. The van der Waals surface area contributed by atoms with Gasteiger partial charge in [-0.05, 0) is 74.8 Å². The molecule has 0 radical (unpaired) electrons. The molecular weight excluding hydrogens is 543 g/mol. The van der Waals surface area contributed by atoms with Gasteiger partial charge in [-0.1, -0.05) is 31.6 Å². The van der Waals surface area contributed by atoms with Crippen molar-refractivity contribution in [2.24, 2.45) is 28.6 Å². The molecule has 9 nitrogen and oxygen atoms in total. The van der Waals surface area contributed by atoms with E-state index in [9.17, 15) is 37.6 Å². The van der Waals surface area contributed by atoms with E-state index in [1.54, 1.807) is 20.8 Å². The van der Waals surface area contributed by atoms with Crippen LogP contribution < -0.4 is 0 Å². The molecule has 0 saturated heterocycles. The maximum absolute atomic E-state index is 17.3. The molecule has 40 heavy (non-hydrogen) atoms. The molecule has 0 bridgehead atoms. The van der Waals surface area contributed by atoms with Crippen LogP contribution >= 0.6 is 0 Å². The van der Waals surface area contributed by atoms with E-state index in [4.69, 9.17) is 4.74 Å². The molecule has 0 unspecified atom stereocenters. The molecule has 3 N–H and O–H groups in total. The van der Waals surface area contributed by atoms with Crippen LogP contribution in [0, 0.1) is 28.6 Å². The van der Waals surface area contributed by atoms with Crippen LogP contribution in [0.15, 0.2) is 53.0 Å². The van der Waals surface area contributed by atoms with Gasteiger partial charge >= 0.3 is 5.97 Å². The van der Waals surface area contributed by atoms with Gasteiger partial charge in [-0.25, -0.2) is 9.18 Å². The predicted octanol–water partition coefficient (Wildman–Crippen LogP) is 3.01. The van der Waals surface area contributed by atoms with Crippen molar-refractivity contribution in [3.05, 3.63) is 53.6 Å². The first-order chi connectivity index (χ1) is 18.5. The monoisotopic (exact) mass is 576 g/mol. The summed E-state index contributed by atoms with van der Waals surface area (Å²) in [5.41, 5.74) is -6.17. The number of aliphatic hydroxyl groups is 2. The van der Waals surface area contributed by atoms with Crippen molar-refractivity contribution in [1.82, 2.24) is 0 Å². The lowest BCUT2D eigenvalue weighted by Crippen LogP contribution is -2.69. The van der Waals surface area contributed by atoms with Crippen LogP contribution in [0.25, 0.3) is 0 Å². The molecule has 0 aromatic heterocycles. The molecule has 3 fully saturated rings. The lowest BCUT2D eigenvalue weighted by molar-refractivity contribution is -0.219. The van der Waals surface area contributed by atoms with Gasteiger partial charge in [0.15, 0.2) is 18.1 Å². The number of allylic oxidation sites excluding steroid dienone is 4. The number of ketones is 2. The first kappa shape index (κ1) is 28.8. The maximum atomic E-state index is 17.3. The number of halogens is 1. The maximum Gasteiger partial charge on any atom is 0.338 e. The molecular formula is C29H33FO9S. The highest BCUT2D eigenvalue weighted by molar-refractivity contribution is 7.85. The van der Waals surface area contributed by atoms with Crippen molar-refractivity contribution < 1.29 is 46.7 Å². The number of fused-ring (bicyclic) bond motifs is 5. The van der Waals surface area contributed by atoms with Gasteiger partial charge in [0.05, 0.1) is 16.6 Å². The Kier molecular flexibility index (Phi) is 6.58. The highest BCUT2D eigenvalue weighted by atomic mass is 32.2. The van der Waals surface area contributed by atoms with Crippen molar-refractivity contribution in [1.29, 1.82) is 0 Å². The highest BCUT2D eigenvalue weighted by Crippen LogP contribution is 2.70. The van der Waals surface area contributed by atoms with Crippen molar-refractivity contribution in [3.8, 4) is 0 Å². The van der Waals surface area contributed by atoms with Gasteiger partial charge in [0.1, 0.15) is 5.60 Å². The van der Waals surface area contributed by atoms with Gasteiger partial charge in [-0.2, -0.15) is 8.42 Å². The first-order valence-corrected chi connectivity index (χ1v) is 14.8. The third kappa shape index (κ3) is 3.81. The largest absolute Gasteiger partial charge is 0.454 e. The summed E-state index contributed by atoms with van der Waals surface area (Å²) in [6.07, 6.45) is 3.64. The number of alkyl halides is 1. The molecule has 0 spiro atoms. The van der Waals surface area contributed by atoms with Crippen molar-refractivity contribution in [2.45, 2.75) is 68.7 Å². The molecule has 11 heteroatoms. The van der Waals surface area contributed by atoms with Crippen molar-refractivity contribution in [2.75, 3.05) is 6.61 Å². The number of esters is 1. The smallest absolute Gasteiger partial charge is 0.338 e. The summed E-state index contributed by atoms with van der Waals surface area (Å²) in [6.45, 7) is 4.22. The van der Waals surface area contributed by atoms with Crippen LogP contribution in [0.3, 0.4) is 0 Å². The molecule has 4 aliphatic rings. The van der Waals surface area contributed by atoms with E-state index < -0.39 is 79.3 Å². The number of hydrogen-bond acceptors (Lipinski definition) is 8. The second-order valence-electron chi connectivity index (χ2n) is 12.2. The summed E-state index contributed by atoms with van der Waals surface area (Å²) in [7, 11) is -4.57. The minimum absolute atomic E-state index is 0.216. The Bertz CT molecular complexity index is 1470. The fourth-order valence-corrected chi connectivity index (χ4v) is 8.77. The Morgan fingerprint density at radius 2 is 1.90 bits per heavy atom. The molecule has 3 saturated carbocycles. The number of benzene rings is 1. The van der Waals surface area contributed by atoms with Gasteiger partial charge < -0.3 is 14.9 Å². The number of ether oxygens (including phenoxy) is 1. The Morgan fingerprint density at radius 1 is 1.20 bits per heavy atom. The van der Waals surface area contributed by atoms with Crippen LogP contribution in [-0.2, 0) is 24.4 Å². The van der Waals surface area contributed by atoms with Gasteiger partial charge in [-0.15, -0.1) is 0 Å². The second kappa shape index (κ2) is 9.14. The third-order valence-corrected chi connectivity index (χ3v) is 11.2. The SMILES string of the molecule is C[C@@H]1C[C@H]2[C@@H]3CCC4=CC(=O)C=C[C@@]4(C)[C@@]3(F)[C@H](O)C[C@@]2(C)[C@@]1(O)C(=O)COC(=O)c1cccc(S(=O)(=O)O)c1. The molecule has 0 heterocycles. The van der Waals surface area contributed by atoms with Gasteiger partial charge in [0, 0.05) is 16.7 Å². The molecule has 4 aliphatic carbocycles. The second-order valence-corrected chi connectivity index (χ2v) is 13.6. The predicted molar refractivity (Wildman–Crippen MR) is 139 cm³/mol. The van der Waals surface area contributed by atoms with Crippen LogP contribution in [0.2, 0.25) is 0 Å². The average molecular weight is 577 g/mol. The molecule has 216 valence electrons. The van der Waals surface area contributed by atoms with E-state index in [1.807, 2.05) is 0 Å². The highest BCUT2D eigenvalue weighted by Gasteiger charge is 2.75. The lowest BCUT2D eigenvalue weighted by Gasteiger charge is -2.62. The van der Waals surface area contributed by atoms with Crippen molar-refractivity contribution >= 4 is 27.7 Å². The summed E-state index contributed by atoms with van der Waals surface area (Å²) in [5.74, 6) is -3.86. The minimum atomic E-state index is -4.57. The fourth-order valence-electron chi connectivity index (χ4n) is 8.25. The Labute approximate surface area is 231 Å². The number of rotatable bonds is 5. The van der Waals surface area contributed by atoms with E-state index in [2.05, 4.69) is 0 Å². The lowest BCUT2D eigenvalue weighted by atomic mass is 9.44. The molecule has 0 amide bonds. The third-order valence-electron chi connectivity index (χ3n) is 10.3. The van der Waals surface area contributed by atoms with Gasteiger partial charge in [-0.3, -0.25) is 14.1 Å². The number of Topliss-reactive ketones (excluding diaryl/α,β-unsaturated/α-hetero) is 1. The minimum Gasteiger partial charge on any atom is -0.454 e. The van der Waals surface area contributed by atoms with E-state index in [1.165, 1.54) is 30.4 Å². The quantitative estimate of drug-likeness (QED) is 0.354. The van der Waals surface area contributed by atoms with Crippen LogP contribution in [0.1, 0.15) is 56.8 Å². The zero-order chi connectivity index (χ0) is 29.5. The summed E-state index contributed by atoms with van der Waals surface area (Å²) in [6, 6.07) is 4.48. The topological polar surface area (TPSA) is 155 Å².